The maximum Gasteiger partial charge on any atom is 0.294 e. The molecule has 1 aromatic heterocycles. The van der Waals surface area contributed by atoms with Crippen LogP contribution in [0.2, 0.25) is 0 Å². The summed E-state index contributed by atoms with van der Waals surface area (Å²) in [7, 11) is 1.59. The van der Waals surface area contributed by atoms with E-state index in [1.165, 1.54) is 36.6 Å². The number of halogens is 1. The minimum absolute atomic E-state index is 0.0860. The van der Waals surface area contributed by atoms with Crippen molar-refractivity contribution in [2.75, 3.05) is 11.9 Å². The van der Waals surface area contributed by atoms with E-state index in [9.17, 15) is 23.9 Å². The first-order valence-corrected chi connectivity index (χ1v) is 9.11. The number of aromatic nitrogens is 1. The molecule has 2 amide bonds. The van der Waals surface area contributed by atoms with Crippen LogP contribution in [0.25, 0.3) is 0 Å². The molecule has 0 fully saturated rings. The Morgan fingerprint density at radius 3 is 2.34 bits per heavy atom. The van der Waals surface area contributed by atoms with Gasteiger partial charge < -0.3 is 20.3 Å². The minimum Gasteiger partial charge on any atom is -0.389 e. The van der Waals surface area contributed by atoms with Gasteiger partial charge in [0, 0.05) is 25.0 Å². The number of amides is 2. The molecule has 0 unspecified atom stereocenters. The number of aryl methyl sites for hydroxylation is 1. The van der Waals surface area contributed by atoms with Gasteiger partial charge in [0.2, 0.25) is 0 Å². The Bertz CT molecular complexity index is 987. The molecule has 0 aliphatic heterocycles. The maximum absolute atomic E-state index is 13.4. The molecule has 0 aliphatic rings. The molecule has 2 rings (SSSR count). The third kappa shape index (κ3) is 4.89. The lowest BCUT2D eigenvalue weighted by Crippen LogP contribution is -2.41. The Morgan fingerprint density at radius 1 is 1.17 bits per heavy atom. The van der Waals surface area contributed by atoms with Crippen molar-refractivity contribution in [3.8, 4) is 0 Å². The molecule has 0 saturated heterocycles. The number of nitrogens with one attached hydrogen (secondary N) is 2. The van der Waals surface area contributed by atoms with Crippen LogP contribution in [0.15, 0.2) is 18.2 Å². The highest BCUT2D eigenvalue weighted by atomic mass is 19.1. The van der Waals surface area contributed by atoms with Gasteiger partial charge >= 0.3 is 0 Å². The third-order valence-electron chi connectivity index (χ3n) is 4.68. The van der Waals surface area contributed by atoms with Gasteiger partial charge in [-0.2, -0.15) is 0 Å². The summed E-state index contributed by atoms with van der Waals surface area (Å²) in [5.41, 5.74) is 0.899. The number of carbonyl (C=O) groups excluding carboxylic acids is 3. The molecule has 0 radical (unpaired) electrons. The van der Waals surface area contributed by atoms with Gasteiger partial charge in [0.1, 0.15) is 5.82 Å². The van der Waals surface area contributed by atoms with Gasteiger partial charge in [-0.15, -0.1) is 0 Å². The Hall–Kier alpha value is -3.00. The van der Waals surface area contributed by atoms with Crippen LogP contribution in [0.3, 0.4) is 0 Å². The number of hydrogen-bond donors (Lipinski definition) is 3. The number of hydrogen-bond acceptors (Lipinski definition) is 4. The summed E-state index contributed by atoms with van der Waals surface area (Å²) in [5, 5.41) is 14.8. The van der Waals surface area contributed by atoms with E-state index in [-0.39, 0.29) is 23.6 Å². The number of anilines is 1. The van der Waals surface area contributed by atoms with Crippen LogP contribution >= 0.6 is 0 Å². The number of Topliss-reactive ketones (excluding diaryl/α,β-unsaturated/α-hetero) is 1. The smallest absolute Gasteiger partial charge is 0.294 e. The minimum atomic E-state index is -1.16. The summed E-state index contributed by atoms with van der Waals surface area (Å²) in [4.78, 5) is 37.7. The van der Waals surface area contributed by atoms with E-state index >= 15 is 0 Å². The molecular formula is C21H26FN3O4. The average Bonchev–Trinajstić information content (AvgIpc) is 2.84. The number of rotatable bonds is 6. The zero-order valence-electron chi connectivity index (χ0n) is 17.4. The average molecular weight is 403 g/mol. The molecule has 156 valence electrons. The highest BCUT2D eigenvalue weighted by molar-refractivity contribution is 6.43. The third-order valence-corrected chi connectivity index (χ3v) is 4.68. The van der Waals surface area contributed by atoms with Crippen LogP contribution in [-0.4, -0.2) is 39.4 Å². The second kappa shape index (κ2) is 8.16. The SMILES string of the molecule is Cc1cc(NC(=O)c2c(C)c(C(=O)C(=O)NCC(C)(C)O)n(C)c2C)ccc1F. The van der Waals surface area contributed by atoms with Gasteiger partial charge in [-0.1, -0.05) is 0 Å². The van der Waals surface area contributed by atoms with Crippen LogP contribution in [0.4, 0.5) is 10.1 Å². The van der Waals surface area contributed by atoms with Gasteiger partial charge in [-0.25, -0.2) is 4.39 Å². The summed E-state index contributed by atoms with van der Waals surface area (Å²) in [5.74, 6) is -2.50. The van der Waals surface area contributed by atoms with E-state index < -0.39 is 23.2 Å². The second-order valence-electron chi connectivity index (χ2n) is 7.74. The standard InChI is InChI=1S/C21H26FN3O4/c1-11-9-14(7-8-15(11)22)24-19(27)16-12(2)17(25(6)13(16)3)18(26)20(28)23-10-21(4,5)29/h7-9,29H,10H2,1-6H3,(H,23,28)(H,24,27). The number of ketones is 1. The lowest BCUT2D eigenvalue weighted by Gasteiger charge is -2.17. The Morgan fingerprint density at radius 2 is 1.79 bits per heavy atom. The predicted octanol–water partition coefficient (Wildman–Crippen LogP) is 2.41. The summed E-state index contributed by atoms with van der Waals surface area (Å²) in [6.07, 6.45) is 0. The molecule has 3 N–H and O–H groups in total. The van der Waals surface area contributed by atoms with Crippen molar-refractivity contribution in [1.82, 2.24) is 9.88 Å². The fourth-order valence-corrected chi connectivity index (χ4v) is 3.03. The molecule has 1 aromatic carbocycles. The van der Waals surface area contributed by atoms with Gasteiger partial charge in [-0.3, -0.25) is 14.4 Å². The van der Waals surface area contributed by atoms with Gasteiger partial charge in [0.05, 0.1) is 16.9 Å². The number of nitrogens with zero attached hydrogens (tertiary/aromatic N) is 1. The largest absolute Gasteiger partial charge is 0.389 e. The molecule has 8 heteroatoms. The number of aliphatic hydroxyl groups is 1. The predicted molar refractivity (Wildman–Crippen MR) is 108 cm³/mol. The number of carbonyl (C=O) groups is 3. The fraction of sp³-hybridized carbons (Fsp3) is 0.381. The van der Waals surface area contributed by atoms with Crippen molar-refractivity contribution in [2.45, 2.75) is 40.2 Å². The monoisotopic (exact) mass is 403 g/mol. The maximum atomic E-state index is 13.4. The van der Waals surface area contributed by atoms with E-state index in [2.05, 4.69) is 10.6 Å². The topological polar surface area (TPSA) is 100 Å². The first kappa shape index (κ1) is 22.3. The van der Waals surface area contributed by atoms with Crippen molar-refractivity contribution in [2.24, 2.45) is 7.05 Å². The summed E-state index contributed by atoms with van der Waals surface area (Å²) < 4.78 is 14.9. The van der Waals surface area contributed by atoms with Crippen molar-refractivity contribution < 1.29 is 23.9 Å². The molecule has 0 aliphatic carbocycles. The molecule has 0 spiro atoms. The molecule has 1 heterocycles. The Balaban J connectivity index is 2.31. The summed E-state index contributed by atoms with van der Waals surface area (Å²) in [6, 6.07) is 4.22. The quantitative estimate of drug-likeness (QED) is 0.509. The van der Waals surface area contributed by atoms with Crippen molar-refractivity contribution >= 4 is 23.3 Å². The first-order chi connectivity index (χ1) is 13.3. The lowest BCUT2D eigenvalue weighted by molar-refractivity contribution is -0.118. The van der Waals surface area contributed by atoms with Crippen molar-refractivity contribution in [1.29, 1.82) is 0 Å². The molecular weight excluding hydrogens is 377 g/mol. The molecule has 0 saturated carbocycles. The van der Waals surface area contributed by atoms with E-state index in [0.717, 1.165) is 0 Å². The molecule has 0 bridgehead atoms. The van der Waals surface area contributed by atoms with Crippen LogP contribution < -0.4 is 10.6 Å². The fourth-order valence-electron chi connectivity index (χ4n) is 3.03. The zero-order valence-corrected chi connectivity index (χ0v) is 17.4. The Labute approximate surface area is 168 Å². The van der Waals surface area contributed by atoms with Crippen molar-refractivity contribution in [3.63, 3.8) is 0 Å². The van der Waals surface area contributed by atoms with Crippen molar-refractivity contribution in [3.05, 3.63) is 52.1 Å². The highest BCUT2D eigenvalue weighted by Gasteiger charge is 2.29. The van der Waals surface area contributed by atoms with Gasteiger partial charge in [-0.05, 0) is 63.9 Å². The molecule has 7 nitrogen and oxygen atoms in total. The second-order valence-corrected chi connectivity index (χ2v) is 7.74. The van der Waals surface area contributed by atoms with Crippen LogP contribution in [-0.2, 0) is 11.8 Å². The van der Waals surface area contributed by atoms with Crippen LogP contribution in [0.1, 0.15) is 51.5 Å². The number of benzene rings is 1. The van der Waals surface area contributed by atoms with Crippen LogP contribution in [0.5, 0.6) is 0 Å². The Kier molecular flexibility index (Phi) is 6.27. The molecule has 0 atom stereocenters. The van der Waals surface area contributed by atoms with E-state index in [0.29, 0.717) is 22.5 Å². The summed E-state index contributed by atoms with van der Waals surface area (Å²) >= 11 is 0. The lowest BCUT2D eigenvalue weighted by atomic mass is 10.1. The van der Waals surface area contributed by atoms with Gasteiger partial charge in [0.15, 0.2) is 0 Å². The normalized spacial score (nSPS) is 11.3. The highest BCUT2D eigenvalue weighted by Crippen LogP contribution is 2.23. The first-order valence-electron chi connectivity index (χ1n) is 9.11. The molecule has 2 aromatic rings. The van der Waals surface area contributed by atoms with E-state index in [4.69, 9.17) is 0 Å². The van der Waals surface area contributed by atoms with E-state index in [1.54, 1.807) is 27.8 Å². The van der Waals surface area contributed by atoms with Gasteiger partial charge in [0.25, 0.3) is 17.6 Å². The molecule has 29 heavy (non-hydrogen) atoms. The van der Waals surface area contributed by atoms with Crippen LogP contribution in [0, 0.1) is 26.6 Å². The zero-order chi connectivity index (χ0) is 22.1. The van der Waals surface area contributed by atoms with E-state index in [1.807, 2.05) is 0 Å². The summed E-state index contributed by atoms with van der Waals surface area (Å²) in [6.45, 7) is 7.78.